The van der Waals surface area contributed by atoms with Crippen molar-refractivity contribution >= 4 is 17.7 Å². The monoisotopic (exact) mass is 221 g/mol. The van der Waals surface area contributed by atoms with Gasteiger partial charge in [-0.3, -0.25) is 4.79 Å². The SMILES string of the molecule is CSC(CO)C(C)NC(C)CC(=O)O. The highest BCUT2D eigenvalue weighted by Crippen LogP contribution is 2.11. The van der Waals surface area contributed by atoms with Crippen molar-refractivity contribution in [2.24, 2.45) is 0 Å². The first kappa shape index (κ1) is 13.7. The molecule has 14 heavy (non-hydrogen) atoms. The Morgan fingerprint density at radius 3 is 2.43 bits per heavy atom. The van der Waals surface area contributed by atoms with Gasteiger partial charge in [0, 0.05) is 17.3 Å². The van der Waals surface area contributed by atoms with Gasteiger partial charge in [0.05, 0.1) is 13.0 Å². The van der Waals surface area contributed by atoms with Gasteiger partial charge in [0.15, 0.2) is 0 Å². The zero-order valence-corrected chi connectivity index (χ0v) is 9.67. The van der Waals surface area contributed by atoms with Gasteiger partial charge in [0.2, 0.25) is 0 Å². The van der Waals surface area contributed by atoms with Crippen LogP contribution >= 0.6 is 11.8 Å². The van der Waals surface area contributed by atoms with E-state index in [4.69, 9.17) is 10.2 Å². The van der Waals surface area contributed by atoms with Crippen LogP contribution in [0.1, 0.15) is 20.3 Å². The molecule has 3 unspecified atom stereocenters. The summed E-state index contributed by atoms with van der Waals surface area (Å²) >= 11 is 1.58. The third kappa shape index (κ3) is 5.47. The lowest BCUT2D eigenvalue weighted by atomic mass is 10.1. The highest BCUT2D eigenvalue weighted by Gasteiger charge is 2.17. The lowest BCUT2D eigenvalue weighted by Crippen LogP contribution is -2.43. The number of nitrogens with one attached hydrogen (secondary N) is 1. The average molecular weight is 221 g/mol. The minimum absolute atomic E-state index is 0.0660. The lowest BCUT2D eigenvalue weighted by Gasteiger charge is -2.24. The topological polar surface area (TPSA) is 69.6 Å². The molecule has 0 rings (SSSR count). The van der Waals surface area contributed by atoms with Crippen molar-refractivity contribution < 1.29 is 15.0 Å². The molecule has 0 aromatic rings. The molecule has 5 heteroatoms. The molecule has 0 aliphatic carbocycles. The summed E-state index contributed by atoms with van der Waals surface area (Å²) in [7, 11) is 0. The molecule has 0 amide bonds. The number of aliphatic hydroxyl groups is 1. The number of carboxylic acid groups (broad SMARTS) is 1. The number of hydrogen-bond acceptors (Lipinski definition) is 4. The van der Waals surface area contributed by atoms with Gasteiger partial charge in [-0.1, -0.05) is 0 Å². The Kier molecular flexibility index (Phi) is 6.96. The van der Waals surface area contributed by atoms with Crippen molar-refractivity contribution in [1.29, 1.82) is 0 Å². The van der Waals surface area contributed by atoms with Gasteiger partial charge in [0.1, 0.15) is 0 Å². The second-order valence-electron chi connectivity index (χ2n) is 3.41. The molecule has 0 radical (unpaired) electrons. The highest BCUT2D eigenvalue weighted by molar-refractivity contribution is 7.99. The zero-order chi connectivity index (χ0) is 11.1. The number of hydrogen-bond donors (Lipinski definition) is 3. The molecule has 3 N–H and O–H groups in total. The summed E-state index contributed by atoms with van der Waals surface area (Å²) in [5.74, 6) is -0.804. The maximum absolute atomic E-state index is 10.4. The molecule has 0 aliphatic rings. The van der Waals surface area contributed by atoms with Gasteiger partial charge in [0.25, 0.3) is 0 Å². The van der Waals surface area contributed by atoms with Crippen LogP contribution in [0.2, 0.25) is 0 Å². The van der Waals surface area contributed by atoms with E-state index >= 15 is 0 Å². The molecular weight excluding hydrogens is 202 g/mol. The Hall–Kier alpha value is -0.260. The molecule has 0 aromatic heterocycles. The second kappa shape index (κ2) is 7.09. The molecule has 0 aromatic carbocycles. The quantitative estimate of drug-likeness (QED) is 0.586. The van der Waals surface area contributed by atoms with Crippen molar-refractivity contribution in [2.45, 2.75) is 37.6 Å². The third-order valence-electron chi connectivity index (χ3n) is 2.07. The van der Waals surface area contributed by atoms with Crippen LogP contribution in [0.25, 0.3) is 0 Å². The Morgan fingerprint density at radius 2 is 2.07 bits per heavy atom. The first-order chi connectivity index (χ1) is 6.51. The maximum Gasteiger partial charge on any atom is 0.304 e. The molecule has 0 bridgehead atoms. The normalized spacial score (nSPS) is 17.4. The van der Waals surface area contributed by atoms with E-state index in [1.807, 2.05) is 20.1 Å². The Bertz CT molecular complexity index is 173. The van der Waals surface area contributed by atoms with Crippen LogP contribution in [0.5, 0.6) is 0 Å². The summed E-state index contributed by atoms with van der Waals surface area (Å²) < 4.78 is 0. The van der Waals surface area contributed by atoms with E-state index in [9.17, 15) is 4.79 Å². The van der Waals surface area contributed by atoms with E-state index in [0.29, 0.717) is 0 Å². The van der Waals surface area contributed by atoms with E-state index < -0.39 is 5.97 Å². The molecule has 0 spiro atoms. The highest BCUT2D eigenvalue weighted by atomic mass is 32.2. The summed E-state index contributed by atoms with van der Waals surface area (Å²) in [6.45, 7) is 3.89. The van der Waals surface area contributed by atoms with Crippen molar-refractivity contribution in [1.82, 2.24) is 5.32 Å². The van der Waals surface area contributed by atoms with E-state index in [1.54, 1.807) is 11.8 Å². The van der Waals surface area contributed by atoms with Crippen LogP contribution in [0.4, 0.5) is 0 Å². The van der Waals surface area contributed by atoms with E-state index in [2.05, 4.69) is 5.32 Å². The van der Waals surface area contributed by atoms with Gasteiger partial charge < -0.3 is 15.5 Å². The number of aliphatic hydroxyl groups excluding tert-OH is 1. The molecule has 84 valence electrons. The van der Waals surface area contributed by atoms with Crippen molar-refractivity contribution in [3.63, 3.8) is 0 Å². The third-order valence-corrected chi connectivity index (χ3v) is 3.23. The molecule has 4 nitrogen and oxygen atoms in total. The van der Waals surface area contributed by atoms with Gasteiger partial charge in [-0.15, -0.1) is 0 Å². The van der Waals surface area contributed by atoms with Crippen LogP contribution in [0.3, 0.4) is 0 Å². The van der Waals surface area contributed by atoms with Crippen LogP contribution < -0.4 is 5.32 Å². The fraction of sp³-hybridized carbons (Fsp3) is 0.889. The smallest absolute Gasteiger partial charge is 0.304 e. The van der Waals surface area contributed by atoms with Crippen molar-refractivity contribution in [3.8, 4) is 0 Å². The largest absolute Gasteiger partial charge is 0.481 e. The predicted molar refractivity (Wildman–Crippen MR) is 58.7 cm³/mol. The molecule has 0 heterocycles. The van der Waals surface area contributed by atoms with Gasteiger partial charge >= 0.3 is 5.97 Å². The number of carbonyl (C=O) groups is 1. The average Bonchev–Trinajstić information content (AvgIpc) is 2.04. The molecule has 0 saturated heterocycles. The van der Waals surface area contributed by atoms with E-state index in [0.717, 1.165) is 0 Å². The Labute approximate surface area is 89.1 Å². The Morgan fingerprint density at radius 1 is 1.50 bits per heavy atom. The van der Waals surface area contributed by atoms with Crippen molar-refractivity contribution in [2.75, 3.05) is 12.9 Å². The minimum atomic E-state index is -0.804. The molecule has 3 atom stereocenters. The van der Waals surface area contributed by atoms with Crippen LogP contribution in [0, 0.1) is 0 Å². The lowest BCUT2D eigenvalue weighted by molar-refractivity contribution is -0.137. The first-order valence-electron chi connectivity index (χ1n) is 4.62. The first-order valence-corrected chi connectivity index (χ1v) is 5.91. The van der Waals surface area contributed by atoms with Crippen LogP contribution in [-0.2, 0) is 4.79 Å². The fourth-order valence-electron chi connectivity index (χ4n) is 1.31. The van der Waals surface area contributed by atoms with Crippen LogP contribution in [0.15, 0.2) is 0 Å². The summed E-state index contributed by atoms with van der Waals surface area (Å²) in [5, 5.41) is 20.8. The van der Waals surface area contributed by atoms with Crippen LogP contribution in [-0.4, -0.2) is 46.4 Å². The standard InChI is InChI=1S/C9H19NO3S/c1-6(4-9(12)13)10-7(2)8(5-11)14-3/h6-8,10-11H,4-5H2,1-3H3,(H,12,13). The summed E-state index contributed by atoms with van der Waals surface area (Å²) in [6.07, 6.45) is 2.04. The van der Waals surface area contributed by atoms with Gasteiger partial charge in [-0.05, 0) is 20.1 Å². The summed E-state index contributed by atoms with van der Waals surface area (Å²) in [4.78, 5) is 10.4. The number of aliphatic carboxylic acids is 1. The predicted octanol–water partition coefficient (Wildman–Crippen LogP) is 0.552. The van der Waals surface area contributed by atoms with Gasteiger partial charge in [-0.2, -0.15) is 11.8 Å². The zero-order valence-electron chi connectivity index (χ0n) is 8.86. The fourth-order valence-corrected chi connectivity index (χ4v) is 1.95. The summed E-state index contributed by atoms with van der Waals surface area (Å²) in [6, 6.07) is 0.0491. The molecule has 0 aliphatic heterocycles. The molecular formula is C9H19NO3S. The molecule has 0 saturated carbocycles. The number of thioether (sulfide) groups is 1. The number of rotatable bonds is 7. The Balaban J connectivity index is 3.90. The number of carboxylic acids is 1. The minimum Gasteiger partial charge on any atom is -0.481 e. The van der Waals surface area contributed by atoms with E-state index in [-0.39, 0.29) is 30.4 Å². The van der Waals surface area contributed by atoms with Crippen molar-refractivity contribution in [3.05, 3.63) is 0 Å². The second-order valence-corrected chi connectivity index (χ2v) is 4.49. The van der Waals surface area contributed by atoms with E-state index in [1.165, 1.54) is 0 Å². The summed E-state index contributed by atoms with van der Waals surface area (Å²) in [5.41, 5.74) is 0. The van der Waals surface area contributed by atoms with Gasteiger partial charge in [-0.25, -0.2) is 0 Å². The maximum atomic E-state index is 10.4. The molecule has 0 fully saturated rings.